The van der Waals surface area contributed by atoms with Crippen molar-refractivity contribution in [1.29, 1.82) is 0 Å². The minimum absolute atomic E-state index is 0.333. The Bertz CT molecular complexity index is 617. The predicted octanol–water partition coefficient (Wildman–Crippen LogP) is 2.39. The van der Waals surface area contributed by atoms with Crippen LogP contribution >= 0.6 is 0 Å². The van der Waals surface area contributed by atoms with Crippen molar-refractivity contribution in [3.63, 3.8) is 0 Å². The maximum absolute atomic E-state index is 11.8. The topological polar surface area (TPSA) is 67.9 Å². The number of H-pyrrole nitrogens is 1. The highest BCUT2D eigenvalue weighted by Gasteiger charge is 2.26. The number of hydrogen-bond donors (Lipinski definition) is 1. The fraction of sp³-hybridized carbons (Fsp3) is 0.400. The highest BCUT2D eigenvalue weighted by Crippen LogP contribution is 2.41. The number of carbonyl (C=O) groups excluding carboxylic acids is 1. The van der Waals surface area contributed by atoms with Crippen molar-refractivity contribution in [2.45, 2.75) is 32.1 Å². The van der Waals surface area contributed by atoms with E-state index in [2.05, 4.69) is 21.2 Å². The zero-order chi connectivity index (χ0) is 13.9. The summed E-state index contributed by atoms with van der Waals surface area (Å²) in [6.07, 6.45) is 6.44. The lowest BCUT2D eigenvalue weighted by molar-refractivity contribution is 0.0507. The molecular weight excluding hydrogens is 254 g/mol. The van der Waals surface area contributed by atoms with Gasteiger partial charge in [0.25, 0.3) is 0 Å². The Kier molecular flexibility index (Phi) is 3.50. The van der Waals surface area contributed by atoms with Gasteiger partial charge in [-0.15, -0.1) is 0 Å². The Morgan fingerprint density at radius 3 is 3.05 bits per heavy atom. The second-order valence-electron chi connectivity index (χ2n) is 5.11. The van der Waals surface area contributed by atoms with Crippen LogP contribution in [0.1, 0.15) is 46.1 Å². The summed E-state index contributed by atoms with van der Waals surface area (Å²) < 4.78 is 5.29. The molecule has 0 aliphatic heterocycles. The molecule has 5 heteroatoms. The second-order valence-corrected chi connectivity index (χ2v) is 5.11. The minimum Gasteiger partial charge on any atom is -0.462 e. The van der Waals surface area contributed by atoms with Gasteiger partial charge >= 0.3 is 5.97 Å². The standard InChI is InChI=1S/C15H17N3O2/c1-10-13(9-17-18-10)15(19)20-8-6-14-12(11-4-5-11)3-2-7-16-14/h2-3,7,9,11H,4-6,8H2,1H3,(H,17,18). The number of aryl methyl sites for hydroxylation is 1. The van der Waals surface area contributed by atoms with Gasteiger partial charge in [0, 0.05) is 24.0 Å². The van der Waals surface area contributed by atoms with E-state index in [0.717, 1.165) is 11.4 Å². The van der Waals surface area contributed by atoms with Crippen molar-refractivity contribution in [3.05, 3.63) is 47.0 Å². The molecule has 3 rings (SSSR count). The molecule has 1 saturated carbocycles. The lowest BCUT2D eigenvalue weighted by Crippen LogP contribution is -2.10. The van der Waals surface area contributed by atoms with Crippen molar-refractivity contribution < 1.29 is 9.53 Å². The molecule has 0 saturated heterocycles. The lowest BCUT2D eigenvalue weighted by atomic mass is 10.1. The van der Waals surface area contributed by atoms with E-state index in [1.165, 1.54) is 24.6 Å². The highest BCUT2D eigenvalue weighted by atomic mass is 16.5. The number of carbonyl (C=O) groups is 1. The molecule has 5 nitrogen and oxygen atoms in total. The van der Waals surface area contributed by atoms with Gasteiger partial charge in [-0.05, 0) is 37.3 Å². The number of rotatable bonds is 5. The Labute approximate surface area is 117 Å². The zero-order valence-electron chi connectivity index (χ0n) is 11.4. The van der Waals surface area contributed by atoms with Gasteiger partial charge in [0.2, 0.25) is 0 Å². The summed E-state index contributed by atoms with van der Waals surface area (Å²) in [4.78, 5) is 16.3. The molecule has 20 heavy (non-hydrogen) atoms. The molecule has 0 spiro atoms. The maximum Gasteiger partial charge on any atom is 0.341 e. The minimum atomic E-state index is -0.333. The van der Waals surface area contributed by atoms with Gasteiger partial charge in [-0.25, -0.2) is 4.79 Å². The second kappa shape index (κ2) is 5.45. The molecule has 1 aliphatic rings. The van der Waals surface area contributed by atoms with Crippen LogP contribution in [0.2, 0.25) is 0 Å². The van der Waals surface area contributed by atoms with Crippen molar-refractivity contribution in [1.82, 2.24) is 15.2 Å². The SMILES string of the molecule is Cc1[nH]ncc1C(=O)OCCc1ncccc1C1CC1. The molecule has 0 radical (unpaired) electrons. The van der Waals surface area contributed by atoms with E-state index in [1.807, 2.05) is 6.07 Å². The fourth-order valence-corrected chi connectivity index (χ4v) is 2.30. The number of ether oxygens (including phenoxy) is 1. The third-order valence-corrected chi connectivity index (χ3v) is 3.56. The first-order chi connectivity index (χ1) is 9.75. The number of esters is 1. The normalized spacial score (nSPS) is 14.2. The highest BCUT2D eigenvalue weighted by molar-refractivity contribution is 5.90. The monoisotopic (exact) mass is 271 g/mol. The van der Waals surface area contributed by atoms with E-state index in [0.29, 0.717) is 24.5 Å². The summed E-state index contributed by atoms with van der Waals surface area (Å²) in [5.74, 6) is 0.325. The number of pyridine rings is 1. The van der Waals surface area contributed by atoms with E-state index in [-0.39, 0.29) is 5.97 Å². The lowest BCUT2D eigenvalue weighted by Gasteiger charge is -2.08. The van der Waals surface area contributed by atoms with Crippen molar-refractivity contribution in [2.75, 3.05) is 6.61 Å². The van der Waals surface area contributed by atoms with Gasteiger partial charge in [-0.3, -0.25) is 10.1 Å². The molecular formula is C15H17N3O2. The first-order valence-corrected chi connectivity index (χ1v) is 6.86. The Morgan fingerprint density at radius 1 is 1.50 bits per heavy atom. The summed E-state index contributed by atoms with van der Waals surface area (Å²) in [5.41, 5.74) is 3.58. The van der Waals surface area contributed by atoms with Crippen LogP contribution in [-0.2, 0) is 11.2 Å². The van der Waals surface area contributed by atoms with Gasteiger partial charge in [-0.2, -0.15) is 5.10 Å². The van der Waals surface area contributed by atoms with Crippen LogP contribution in [-0.4, -0.2) is 27.8 Å². The van der Waals surface area contributed by atoms with Crippen LogP contribution in [0, 0.1) is 6.92 Å². The first-order valence-electron chi connectivity index (χ1n) is 6.86. The predicted molar refractivity (Wildman–Crippen MR) is 73.5 cm³/mol. The Hall–Kier alpha value is -2.17. The Balaban J connectivity index is 1.58. The maximum atomic E-state index is 11.8. The number of hydrogen-bond acceptors (Lipinski definition) is 4. The molecule has 1 N–H and O–H groups in total. The molecule has 0 aromatic carbocycles. The van der Waals surface area contributed by atoms with E-state index in [9.17, 15) is 4.79 Å². The van der Waals surface area contributed by atoms with Crippen molar-refractivity contribution >= 4 is 5.97 Å². The summed E-state index contributed by atoms with van der Waals surface area (Å²) in [5, 5.41) is 6.54. The molecule has 1 fully saturated rings. The molecule has 2 aromatic rings. The zero-order valence-corrected chi connectivity index (χ0v) is 11.4. The summed E-state index contributed by atoms with van der Waals surface area (Å²) in [7, 11) is 0. The van der Waals surface area contributed by atoms with E-state index >= 15 is 0 Å². The molecule has 1 aliphatic carbocycles. The Morgan fingerprint density at radius 2 is 2.35 bits per heavy atom. The molecule has 0 amide bonds. The molecule has 104 valence electrons. The van der Waals surface area contributed by atoms with Gasteiger partial charge < -0.3 is 4.74 Å². The average molecular weight is 271 g/mol. The number of nitrogens with zero attached hydrogens (tertiary/aromatic N) is 2. The third kappa shape index (κ3) is 2.71. The van der Waals surface area contributed by atoms with Gasteiger partial charge in [-0.1, -0.05) is 6.07 Å². The fourth-order valence-electron chi connectivity index (χ4n) is 2.30. The van der Waals surface area contributed by atoms with Crippen molar-refractivity contribution in [3.8, 4) is 0 Å². The first kappa shape index (κ1) is 12.8. The smallest absolute Gasteiger partial charge is 0.341 e. The number of nitrogens with one attached hydrogen (secondary N) is 1. The quantitative estimate of drug-likeness (QED) is 0.848. The van der Waals surface area contributed by atoms with Crippen LogP contribution < -0.4 is 0 Å². The molecule has 2 aromatic heterocycles. The summed E-state index contributed by atoms with van der Waals surface area (Å²) in [6.45, 7) is 2.15. The van der Waals surface area contributed by atoms with E-state index < -0.39 is 0 Å². The molecule has 0 bridgehead atoms. The molecule has 0 unspecified atom stereocenters. The van der Waals surface area contributed by atoms with E-state index in [1.54, 1.807) is 13.1 Å². The van der Waals surface area contributed by atoms with Crippen LogP contribution in [0.3, 0.4) is 0 Å². The summed E-state index contributed by atoms with van der Waals surface area (Å²) in [6, 6.07) is 4.10. The van der Waals surface area contributed by atoms with Crippen LogP contribution in [0.25, 0.3) is 0 Å². The largest absolute Gasteiger partial charge is 0.462 e. The molecule has 0 atom stereocenters. The van der Waals surface area contributed by atoms with Gasteiger partial charge in [0.05, 0.1) is 12.8 Å². The van der Waals surface area contributed by atoms with Gasteiger partial charge in [0.15, 0.2) is 0 Å². The molecule has 2 heterocycles. The number of aromatic nitrogens is 3. The van der Waals surface area contributed by atoms with Crippen LogP contribution in [0.4, 0.5) is 0 Å². The van der Waals surface area contributed by atoms with Gasteiger partial charge in [0.1, 0.15) is 5.56 Å². The van der Waals surface area contributed by atoms with Crippen LogP contribution in [0.15, 0.2) is 24.5 Å². The van der Waals surface area contributed by atoms with E-state index in [4.69, 9.17) is 4.74 Å². The third-order valence-electron chi connectivity index (χ3n) is 3.56. The van der Waals surface area contributed by atoms with Crippen molar-refractivity contribution in [2.24, 2.45) is 0 Å². The van der Waals surface area contributed by atoms with Crippen LogP contribution in [0.5, 0.6) is 0 Å². The number of aromatic amines is 1. The average Bonchev–Trinajstić information content (AvgIpc) is 3.21. The summed E-state index contributed by atoms with van der Waals surface area (Å²) >= 11 is 0.